The van der Waals surface area contributed by atoms with Crippen LogP contribution < -0.4 is 0 Å². The second-order valence-corrected chi connectivity index (χ2v) is 6.74. The van der Waals surface area contributed by atoms with E-state index in [1.54, 1.807) is 19.0 Å². The SMILES string of the molecule is CN(Cc1csc(CC(=O)N(C)C)n1)CC(O)C1CC1. The molecular weight excluding hydrogens is 274 g/mol. The number of nitrogens with zero attached hydrogens (tertiary/aromatic N) is 3. The minimum atomic E-state index is -0.214. The van der Waals surface area contributed by atoms with Crippen molar-refractivity contribution in [3.63, 3.8) is 0 Å². The van der Waals surface area contributed by atoms with E-state index in [0.29, 0.717) is 18.9 Å². The highest BCUT2D eigenvalue weighted by Crippen LogP contribution is 2.32. The summed E-state index contributed by atoms with van der Waals surface area (Å²) in [5, 5.41) is 12.8. The van der Waals surface area contributed by atoms with Gasteiger partial charge < -0.3 is 10.0 Å². The van der Waals surface area contributed by atoms with Crippen LogP contribution in [0.2, 0.25) is 0 Å². The van der Waals surface area contributed by atoms with Crippen molar-refractivity contribution in [1.82, 2.24) is 14.8 Å². The lowest BCUT2D eigenvalue weighted by atomic mass is 10.2. The Morgan fingerprint density at radius 2 is 2.20 bits per heavy atom. The minimum absolute atomic E-state index is 0.0726. The first-order valence-electron chi connectivity index (χ1n) is 6.95. The van der Waals surface area contributed by atoms with Crippen LogP contribution >= 0.6 is 11.3 Å². The smallest absolute Gasteiger partial charge is 0.228 e. The summed E-state index contributed by atoms with van der Waals surface area (Å²) < 4.78 is 0. The van der Waals surface area contributed by atoms with Gasteiger partial charge >= 0.3 is 0 Å². The van der Waals surface area contributed by atoms with Gasteiger partial charge in [-0.1, -0.05) is 0 Å². The van der Waals surface area contributed by atoms with Gasteiger partial charge in [0.2, 0.25) is 5.91 Å². The Kier molecular flexibility index (Phi) is 5.12. The van der Waals surface area contributed by atoms with E-state index in [9.17, 15) is 9.90 Å². The van der Waals surface area contributed by atoms with Crippen molar-refractivity contribution in [2.45, 2.75) is 31.9 Å². The Morgan fingerprint density at radius 3 is 2.80 bits per heavy atom. The van der Waals surface area contributed by atoms with Gasteiger partial charge in [0.1, 0.15) is 5.01 Å². The van der Waals surface area contributed by atoms with E-state index in [2.05, 4.69) is 9.88 Å². The molecule has 0 spiro atoms. The number of hydrogen-bond donors (Lipinski definition) is 1. The number of thiazole rings is 1. The second-order valence-electron chi connectivity index (χ2n) is 5.80. The third-order valence-electron chi connectivity index (χ3n) is 3.50. The normalized spacial score (nSPS) is 16.4. The summed E-state index contributed by atoms with van der Waals surface area (Å²) >= 11 is 1.53. The van der Waals surface area contributed by atoms with Gasteiger partial charge in [-0.05, 0) is 25.8 Å². The highest BCUT2D eigenvalue weighted by Gasteiger charge is 2.30. The Morgan fingerprint density at radius 1 is 1.50 bits per heavy atom. The molecule has 0 bridgehead atoms. The first-order chi connectivity index (χ1) is 9.45. The van der Waals surface area contributed by atoms with Crippen molar-refractivity contribution >= 4 is 17.2 Å². The molecule has 1 saturated carbocycles. The summed E-state index contributed by atoms with van der Waals surface area (Å²) in [6.07, 6.45) is 2.46. The fourth-order valence-electron chi connectivity index (χ4n) is 2.08. The van der Waals surface area contributed by atoms with E-state index >= 15 is 0 Å². The van der Waals surface area contributed by atoms with E-state index in [-0.39, 0.29) is 12.0 Å². The molecule has 0 saturated heterocycles. The lowest BCUT2D eigenvalue weighted by Crippen LogP contribution is -2.30. The van der Waals surface area contributed by atoms with Gasteiger partial charge in [0.05, 0.1) is 18.2 Å². The van der Waals surface area contributed by atoms with Crippen LogP contribution in [-0.2, 0) is 17.8 Å². The van der Waals surface area contributed by atoms with Gasteiger partial charge in [-0.3, -0.25) is 9.69 Å². The predicted molar refractivity (Wildman–Crippen MR) is 79.6 cm³/mol. The number of aromatic nitrogens is 1. The van der Waals surface area contributed by atoms with Gasteiger partial charge in [0, 0.05) is 32.6 Å². The molecule has 112 valence electrons. The van der Waals surface area contributed by atoms with Crippen LogP contribution in [0.4, 0.5) is 0 Å². The quantitative estimate of drug-likeness (QED) is 0.815. The zero-order chi connectivity index (χ0) is 14.7. The molecule has 0 aromatic carbocycles. The average molecular weight is 297 g/mol. The second kappa shape index (κ2) is 6.65. The van der Waals surface area contributed by atoms with Crippen LogP contribution in [0.15, 0.2) is 5.38 Å². The molecule has 1 N–H and O–H groups in total. The maximum atomic E-state index is 11.6. The van der Waals surface area contributed by atoms with Crippen molar-refractivity contribution < 1.29 is 9.90 Å². The van der Waals surface area contributed by atoms with Crippen molar-refractivity contribution in [3.8, 4) is 0 Å². The summed E-state index contributed by atoms with van der Waals surface area (Å²) in [6.45, 7) is 1.41. The molecule has 5 nitrogen and oxygen atoms in total. The Hall–Kier alpha value is -0.980. The fraction of sp³-hybridized carbons (Fsp3) is 0.714. The van der Waals surface area contributed by atoms with Crippen molar-refractivity contribution in [2.24, 2.45) is 5.92 Å². The number of carbonyl (C=O) groups is 1. The van der Waals surface area contributed by atoms with Crippen LogP contribution in [0.1, 0.15) is 23.5 Å². The van der Waals surface area contributed by atoms with E-state index in [4.69, 9.17) is 0 Å². The standard InChI is InChI=1S/C14H23N3O2S/c1-16(2)14(19)6-13-15-11(9-20-13)7-17(3)8-12(18)10-4-5-10/h9-10,12,18H,4-8H2,1-3H3. The molecule has 2 rings (SSSR count). The molecule has 1 heterocycles. The van der Waals surface area contributed by atoms with Crippen LogP contribution in [-0.4, -0.2) is 59.6 Å². The Labute approximate surface area is 124 Å². The summed E-state index contributed by atoms with van der Waals surface area (Å²) in [5.41, 5.74) is 0.974. The van der Waals surface area contributed by atoms with Crippen molar-refractivity contribution in [1.29, 1.82) is 0 Å². The van der Waals surface area contributed by atoms with Gasteiger partial charge in [-0.25, -0.2) is 4.98 Å². The maximum absolute atomic E-state index is 11.6. The monoisotopic (exact) mass is 297 g/mol. The molecule has 1 atom stereocenters. The minimum Gasteiger partial charge on any atom is -0.392 e. The molecule has 0 aliphatic heterocycles. The van der Waals surface area contributed by atoms with Gasteiger partial charge in [-0.15, -0.1) is 11.3 Å². The summed E-state index contributed by atoms with van der Waals surface area (Å²) in [5.74, 6) is 0.574. The summed E-state index contributed by atoms with van der Waals surface area (Å²) in [7, 11) is 5.50. The first-order valence-corrected chi connectivity index (χ1v) is 7.83. The molecule has 20 heavy (non-hydrogen) atoms. The summed E-state index contributed by atoms with van der Waals surface area (Å²) in [6, 6.07) is 0. The van der Waals surface area contributed by atoms with Crippen LogP contribution in [0.5, 0.6) is 0 Å². The molecule has 1 aliphatic rings. The zero-order valence-electron chi connectivity index (χ0n) is 12.4. The molecule has 1 unspecified atom stereocenters. The number of aliphatic hydroxyl groups excluding tert-OH is 1. The van der Waals surface area contributed by atoms with Crippen molar-refractivity contribution in [2.75, 3.05) is 27.7 Å². The Bertz CT molecular complexity index is 457. The van der Waals surface area contributed by atoms with E-state index in [1.165, 1.54) is 11.3 Å². The highest BCUT2D eigenvalue weighted by molar-refractivity contribution is 7.09. The molecule has 0 radical (unpaired) electrons. The van der Waals surface area contributed by atoms with E-state index < -0.39 is 0 Å². The number of amides is 1. The third kappa shape index (κ3) is 4.54. The van der Waals surface area contributed by atoms with Gasteiger partial charge in [0.15, 0.2) is 0 Å². The molecule has 1 aliphatic carbocycles. The zero-order valence-corrected chi connectivity index (χ0v) is 13.2. The number of rotatable bonds is 7. The maximum Gasteiger partial charge on any atom is 0.228 e. The molecule has 1 fully saturated rings. The molecule has 1 aromatic rings. The van der Waals surface area contributed by atoms with E-state index in [0.717, 1.165) is 30.1 Å². The van der Waals surface area contributed by atoms with Crippen LogP contribution in [0.3, 0.4) is 0 Å². The fourth-order valence-corrected chi connectivity index (χ4v) is 2.86. The number of likely N-dealkylation sites (N-methyl/N-ethyl adjacent to an activating group) is 2. The molecule has 6 heteroatoms. The van der Waals surface area contributed by atoms with Gasteiger partial charge in [-0.2, -0.15) is 0 Å². The summed E-state index contributed by atoms with van der Waals surface area (Å²) in [4.78, 5) is 19.8. The van der Waals surface area contributed by atoms with Crippen molar-refractivity contribution in [3.05, 3.63) is 16.1 Å². The molecular formula is C14H23N3O2S. The Balaban J connectivity index is 1.80. The number of aliphatic hydroxyl groups is 1. The van der Waals surface area contributed by atoms with E-state index in [1.807, 2.05) is 12.4 Å². The average Bonchev–Trinajstić information content (AvgIpc) is 3.13. The lowest BCUT2D eigenvalue weighted by molar-refractivity contribution is -0.127. The number of carbonyl (C=O) groups excluding carboxylic acids is 1. The van der Waals surface area contributed by atoms with Gasteiger partial charge in [0.25, 0.3) is 0 Å². The van der Waals surface area contributed by atoms with Crippen LogP contribution in [0, 0.1) is 5.92 Å². The van der Waals surface area contributed by atoms with Crippen LogP contribution in [0.25, 0.3) is 0 Å². The first kappa shape index (κ1) is 15.4. The molecule has 1 amide bonds. The highest BCUT2D eigenvalue weighted by atomic mass is 32.1. The largest absolute Gasteiger partial charge is 0.392 e. The topological polar surface area (TPSA) is 56.7 Å². The lowest BCUT2D eigenvalue weighted by Gasteiger charge is -2.19. The third-order valence-corrected chi connectivity index (χ3v) is 4.39. The number of hydrogen-bond acceptors (Lipinski definition) is 5. The predicted octanol–water partition coefficient (Wildman–Crippen LogP) is 0.976. The molecule has 1 aromatic heterocycles.